The second kappa shape index (κ2) is 6.45. The highest BCUT2D eigenvalue weighted by atomic mass is 35.5. The number of ether oxygens (including phenoxy) is 1. The molecular formula is C12H15ClN2O4S2. The Hall–Kier alpha value is -0.930. The molecule has 1 unspecified atom stereocenters. The van der Waals surface area contributed by atoms with Gasteiger partial charge in [-0.1, -0.05) is 16.8 Å². The van der Waals surface area contributed by atoms with E-state index in [4.69, 9.17) is 20.9 Å². The van der Waals surface area contributed by atoms with Crippen molar-refractivity contribution in [3.63, 3.8) is 0 Å². The third-order valence-electron chi connectivity index (χ3n) is 2.89. The molecule has 0 spiro atoms. The average Bonchev–Trinajstić information content (AvgIpc) is 2.97. The monoisotopic (exact) mass is 350 g/mol. The number of aromatic nitrogens is 1. The van der Waals surface area contributed by atoms with Crippen molar-refractivity contribution < 1.29 is 17.7 Å². The number of methoxy groups -OCH3 is 1. The molecule has 1 atom stereocenters. The third-order valence-corrected chi connectivity index (χ3v) is 5.88. The van der Waals surface area contributed by atoms with E-state index in [0.29, 0.717) is 10.0 Å². The minimum absolute atomic E-state index is 0.0709. The zero-order valence-corrected chi connectivity index (χ0v) is 14.1. The highest BCUT2D eigenvalue weighted by Gasteiger charge is 2.25. The second-order valence-electron chi connectivity index (χ2n) is 4.37. The van der Waals surface area contributed by atoms with Gasteiger partial charge in [0, 0.05) is 18.5 Å². The number of nitrogens with zero attached hydrogens (tertiary/aromatic N) is 1. The normalized spacial score (nSPS) is 13.5. The van der Waals surface area contributed by atoms with Crippen molar-refractivity contribution in [2.45, 2.75) is 24.8 Å². The van der Waals surface area contributed by atoms with Crippen molar-refractivity contribution in [2.24, 2.45) is 0 Å². The fraction of sp³-hybridized carbons (Fsp3) is 0.417. The van der Waals surface area contributed by atoms with E-state index in [2.05, 4.69) is 9.88 Å². The number of halogens is 1. The summed E-state index contributed by atoms with van der Waals surface area (Å²) in [5, 5.41) is 3.65. The first-order chi connectivity index (χ1) is 9.85. The Morgan fingerprint density at radius 3 is 2.67 bits per heavy atom. The summed E-state index contributed by atoms with van der Waals surface area (Å²) in [6.45, 7) is 3.24. The maximum Gasteiger partial charge on any atom is 0.246 e. The number of sulfonamides is 1. The van der Waals surface area contributed by atoms with Crippen LogP contribution in [0.5, 0.6) is 0 Å². The van der Waals surface area contributed by atoms with Crippen LogP contribution < -0.4 is 4.72 Å². The molecule has 0 saturated heterocycles. The number of thiophene rings is 1. The quantitative estimate of drug-likeness (QED) is 0.866. The zero-order chi connectivity index (χ0) is 15.6. The van der Waals surface area contributed by atoms with E-state index in [1.54, 1.807) is 19.9 Å². The summed E-state index contributed by atoms with van der Waals surface area (Å²) in [6, 6.07) is 3.56. The molecule has 0 radical (unpaired) electrons. The summed E-state index contributed by atoms with van der Waals surface area (Å²) in [5.74, 6) is 0.258. The topological polar surface area (TPSA) is 81.4 Å². The summed E-state index contributed by atoms with van der Waals surface area (Å²) in [7, 11) is -2.18. The van der Waals surface area contributed by atoms with Crippen LogP contribution in [0.3, 0.4) is 0 Å². The lowest BCUT2D eigenvalue weighted by Gasteiger charge is -2.14. The lowest BCUT2D eigenvalue weighted by molar-refractivity contribution is 0.110. The summed E-state index contributed by atoms with van der Waals surface area (Å²) < 4.78 is 37.9. The van der Waals surface area contributed by atoms with Gasteiger partial charge in [0.2, 0.25) is 10.0 Å². The first kappa shape index (κ1) is 16.4. The van der Waals surface area contributed by atoms with E-state index in [1.165, 1.54) is 18.4 Å². The zero-order valence-electron chi connectivity index (χ0n) is 11.7. The van der Waals surface area contributed by atoms with Crippen molar-refractivity contribution in [2.75, 3.05) is 13.7 Å². The number of hydrogen-bond acceptors (Lipinski definition) is 6. The molecule has 2 rings (SSSR count). The van der Waals surface area contributed by atoms with Crippen molar-refractivity contribution in [1.82, 2.24) is 9.88 Å². The maximum atomic E-state index is 12.3. The molecule has 1 N–H and O–H groups in total. The second-order valence-corrected chi connectivity index (χ2v) is 7.82. The van der Waals surface area contributed by atoms with Crippen LogP contribution in [0.4, 0.5) is 0 Å². The van der Waals surface area contributed by atoms with E-state index in [-0.39, 0.29) is 17.2 Å². The van der Waals surface area contributed by atoms with E-state index >= 15 is 0 Å². The van der Waals surface area contributed by atoms with Gasteiger partial charge in [-0.25, -0.2) is 13.1 Å². The van der Waals surface area contributed by atoms with E-state index < -0.39 is 16.1 Å². The predicted molar refractivity (Wildman–Crippen MR) is 80.2 cm³/mol. The van der Waals surface area contributed by atoms with Crippen LogP contribution in [0.25, 0.3) is 0 Å². The molecule has 0 aliphatic rings. The molecule has 116 valence electrons. The summed E-state index contributed by atoms with van der Waals surface area (Å²) >= 11 is 7.23. The number of rotatable bonds is 6. The first-order valence-corrected chi connectivity index (χ1v) is 8.73. The van der Waals surface area contributed by atoms with Gasteiger partial charge in [0.25, 0.3) is 0 Å². The molecule has 0 aliphatic heterocycles. The molecule has 0 saturated carbocycles. The molecule has 21 heavy (non-hydrogen) atoms. The van der Waals surface area contributed by atoms with Gasteiger partial charge in [-0.3, -0.25) is 0 Å². The molecule has 0 amide bonds. The predicted octanol–water partition coefficient (Wildman–Crippen LogP) is 2.67. The van der Waals surface area contributed by atoms with Crippen LogP contribution in [0.2, 0.25) is 4.34 Å². The van der Waals surface area contributed by atoms with E-state index in [9.17, 15) is 8.42 Å². The fourth-order valence-corrected chi connectivity index (χ4v) is 4.41. The van der Waals surface area contributed by atoms with Gasteiger partial charge < -0.3 is 9.26 Å². The Morgan fingerprint density at radius 2 is 2.19 bits per heavy atom. The van der Waals surface area contributed by atoms with E-state index in [1.807, 2.05) is 6.07 Å². The summed E-state index contributed by atoms with van der Waals surface area (Å²) in [6.07, 6.45) is -0.405. The first-order valence-electron chi connectivity index (χ1n) is 6.05. The van der Waals surface area contributed by atoms with Crippen LogP contribution in [-0.4, -0.2) is 27.2 Å². The van der Waals surface area contributed by atoms with E-state index in [0.717, 1.165) is 4.88 Å². The Bertz CT molecular complexity index is 704. The van der Waals surface area contributed by atoms with Crippen LogP contribution in [-0.2, 0) is 14.8 Å². The van der Waals surface area contributed by atoms with Crippen molar-refractivity contribution in [3.8, 4) is 0 Å². The van der Waals surface area contributed by atoms with Gasteiger partial charge in [0.15, 0.2) is 5.76 Å². The molecule has 0 aliphatic carbocycles. The van der Waals surface area contributed by atoms with Gasteiger partial charge in [-0.15, -0.1) is 11.3 Å². The molecular weight excluding hydrogens is 336 g/mol. The van der Waals surface area contributed by atoms with Gasteiger partial charge in [-0.2, -0.15) is 0 Å². The highest BCUT2D eigenvalue weighted by Crippen LogP contribution is 2.28. The Balaban J connectivity index is 2.14. The Kier molecular flexibility index (Phi) is 5.05. The van der Waals surface area contributed by atoms with Crippen molar-refractivity contribution >= 4 is 33.0 Å². The summed E-state index contributed by atoms with van der Waals surface area (Å²) in [4.78, 5) is 0.922. The molecule has 9 heteroatoms. The van der Waals surface area contributed by atoms with Crippen molar-refractivity contribution in [1.29, 1.82) is 0 Å². The molecule has 2 heterocycles. The maximum absolute atomic E-state index is 12.3. The van der Waals surface area contributed by atoms with Gasteiger partial charge in [0.05, 0.1) is 4.34 Å². The largest absolute Gasteiger partial charge is 0.375 e. The number of aryl methyl sites for hydroxylation is 2. The minimum atomic E-state index is -3.70. The third kappa shape index (κ3) is 3.64. The standard InChI is InChI=1S/C12H15ClN2O4S2/c1-7-12(8(2)19-15-7)21(16,17)14-6-9(18-3)10-4-5-11(13)20-10/h4-5,9,14H,6H2,1-3H3. The lowest BCUT2D eigenvalue weighted by atomic mass is 10.3. The fourth-order valence-electron chi connectivity index (χ4n) is 1.92. The molecule has 0 aromatic carbocycles. The average molecular weight is 351 g/mol. The van der Waals surface area contributed by atoms with Crippen molar-refractivity contribution in [3.05, 3.63) is 32.8 Å². The Labute approximate surface area is 132 Å². The smallest absolute Gasteiger partial charge is 0.246 e. The van der Waals surface area contributed by atoms with Gasteiger partial charge in [0.1, 0.15) is 16.7 Å². The number of hydrogen-bond donors (Lipinski definition) is 1. The van der Waals surface area contributed by atoms with Crippen LogP contribution >= 0.6 is 22.9 Å². The molecule has 2 aromatic heterocycles. The van der Waals surface area contributed by atoms with Crippen LogP contribution in [0.1, 0.15) is 22.4 Å². The molecule has 6 nitrogen and oxygen atoms in total. The lowest BCUT2D eigenvalue weighted by Crippen LogP contribution is -2.29. The minimum Gasteiger partial charge on any atom is -0.375 e. The van der Waals surface area contributed by atoms with Crippen LogP contribution in [0.15, 0.2) is 21.6 Å². The number of nitrogens with one attached hydrogen (secondary N) is 1. The molecule has 0 bridgehead atoms. The molecule has 2 aromatic rings. The van der Waals surface area contributed by atoms with Crippen LogP contribution in [0, 0.1) is 13.8 Å². The SMILES string of the molecule is COC(CNS(=O)(=O)c1c(C)noc1C)c1ccc(Cl)s1. The summed E-state index contributed by atoms with van der Waals surface area (Å²) in [5.41, 5.74) is 0.327. The van der Waals surface area contributed by atoms with Gasteiger partial charge >= 0.3 is 0 Å². The van der Waals surface area contributed by atoms with Gasteiger partial charge in [-0.05, 0) is 26.0 Å². The highest BCUT2D eigenvalue weighted by molar-refractivity contribution is 7.89. The Morgan fingerprint density at radius 1 is 1.48 bits per heavy atom. The molecule has 0 fully saturated rings.